The molecule has 106 valence electrons. The summed E-state index contributed by atoms with van der Waals surface area (Å²) in [4.78, 5) is 16.0. The van der Waals surface area contributed by atoms with Crippen LogP contribution in [-0.2, 0) is 6.42 Å². The molecule has 0 unspecified atom stereocenters. The lowest BCUT2D eigenvalue weighted by atomic mass is 10.2. The van der Waals surface area contributed by atoms with E-state index in [-0.39, 0.29) is 11.6 Å². The smallest absolute Gasteiger partial charge is 0.273 e. The van der Waals surface area contributed by atoms with Gasteiger partial charge in [-0.05, 0) is 12.8 Å². The molecule has 4 N–H and O–H groups in total. The average molecular weight is 276 g/mol. The van der Waals surface area contributed by atoms with E-state index in [0.717, 1.165) is 18.5 Å². The van der Waals surface area contributed by atoms with Crippen LogP contribution in [0.15, 0.2) is 4.52 Å². The molecule has 1 aliphatic carbocycles. The van der Waals surface area contributed by atoms with Crippen molar-refractivity contribution in [3.8, 4) is 0 Å². The molecular weight excluding hydrogens is 260 g/mol. The third-order valence-corrected chi connectivity index (χ3v) is 3.24. The Morgan fingerprint density at radius 3 is 3.00 bits per heavy atom. The number of carbonyl (C=O) groups is 1. The molecule has 2 heterocycles. The van der Waals surface area contributed by atoms with E-state index in [2.05, 4.69) is 25.7 Å². The van der Waals surface area contributed by atoms with Crippen molar-refractivity contribution in [3.63, 3.8) is 0 Å². The summed E-state index contributed by atoms with van der Waals surface area (Å²) in [6.45, 7) is 2.13. The van der Waals surface area contributed by atoms with E-state index in [0.29, 0.717) is 36.3 Å². The largest absolute Gasteiger partial charge is 0.395 e. The van der Waals surface area contributed by atoms with Crippen LogP contribution in [0.5, 0.6) is 0 Å². The van der Waals surface area contributed by atoms with E-state index >= 15 is 0 Å². The molecule has 8 heteroatoms. The van der Waals surface area contributed by atoms with Gasteiger partial charge in [0, 0.05) is 25.8 Å². The maximum Gasteiger partial charge on any atom is 0.273 e. The number of nitrogens with zero attached hydrogens (tertiary/aromatic N) is 3. The third kappa shape index (κ3) is 2.49. The Balaban J connectivity index is 1.56. The molecule has 0 aromatic carbocycles. The Hall–Kier alpha value is -2.38. The van der Waals surface area contributed by atoms with E-state index in [1.807, 2.05) is 0 Å². The van der Waals surface area contributed by atoms with E-state index in [1.54, 1.807) is 6.92 Å². The number of hydrogen-bond acceptors (Lipinski definition) is 6. The molecule has 20 heavy (non-hydrogen) atoms. The van der Waals surface area contributed by atoms with Crippen LogP contribution in [0.25, 0.3) is 0 Å². The minimum absolute atomic E-state index is 0.260. The number of aromatic amines is 1. The van der Waals surface area contributed by atoms with Gasteiger partial charge in [0.25, 0.3) is 5.91 Å². The lowest BCUT2D eigenvalue weighted by Crippen LogP contribution is -2.27. The number of aryl methyl sites for hydroxylation is 1. The van der Waals surface area contributed by atoms with Crippen LogP contribution < -0.4 is 11.1 Å². The molecule has 1 saturated carbocycles. The molecule has 2 aromatic heterocycles. The second-order valence-electron chi connectivity index (χ2n) is 4.91. The first-order valence-corrected chi connectivity index (χ1v) is 6.56. The fraction of sp³-hybridized carbons (Fsp3) is 0.500. The first kappa shape index (κ1) is 12.6. The summed E-state index contributed by atoms with van der Waals surface area (Å²) < 4.78 is 4.85. The van der Waals surface area contributed by atoms with Gasteiger partial charge in [0.15, 0.2) is 11.5 Å². The summed E-state index contributed by atoms with van der Waals surface area (Å²) in [6.07, 6.45) is 2.71. The molecule has 1 fully saturated rings. The molecule has 0 spiro atoms. The second kappa shape index (κ2) is 4.95. The van der Waals surface area contributed by atoms with Crippen LogP contribution >= 0.6 is 0 Å². The molecule has 3 rings (SSSR count). The number of nitrogens with one attached hydrogen (secondary N) is 2. The van der Waals surface area contributed by atoms with E-state index in [1.165, 1.54) is 0 Å². The zero-order chi connectivity index (χ0) is 14.1. The van der Waals surface area contributed by atoms with Crippen LogP contribution in [0.3, 0.4) is 0 Å². The Labute approximate surface area is 115 Å². The van der Waals surface area contributed by atoms with Crippen molar-refractivity contribution in [2.75, 3.05) is 12.3 Å². The number of nitrogen functional groups attached to an aromatic ring is 1. The Bertz CT molecular complexity index is 628. The molecule has 2 aromatic rings. The van der Waals surface area contributed by atoms with Crippen molar-refractivity contribution in [2.24, 2.45) is 0 Å². The maximum atomic E-state index is 12.0. The molecule has 0 bridgehead atoms. The van der Waals surface area contributed by atoms with Crippen molar-refractivity contribution in [1.82, 2.24) is 25.7 Å². The number of carbonyl (C=O) groups excluding carboxylic acids is 1. The summed E-state index contributed by atoms with van der Waals surface area (Å²) in [6, 6.07) is 0. The fourth-order valence-corrected chi connectivity index (χ4v) is 2.03. The van der Waals surface area contributed by atoms with Gasteiger partial charge < -0.3 is 15.6 Å². The summed E-state index contributed by atoms with van der Waals surface area (Å²) in [5.41, 5.74) is 7.53. The Morgan fingerprint density at radius 2 is 2.35 bits per heavy atom. The van der Waals surface area contributed by atoms with Crippen LogP contribution in [0.1, 0.15) is 46.7 Å². The zero-order valence-electron chi connectivity index (χ0n) is 11.1. The van der Waals surface area contributed by atoms with Crippen molar-refractivity contribution in [2.45, 2.75) is 32.1 Å². The summed E-state index contributed by atoms with van der Waals surface area (Å²) in [5.74, 6) is 1.23. The molecular formula is C12H16N6O2. The molecule has 0 aliphatic heterocycles. The van der Waals surface area contributed by atoms with Crippen LogP contribution in [-0.4, -0.2) is 32.8 Å². The highest BCUT2D eigenvalue weighted by Gasteiger charge is 2.30. The monoisotopic (exact) mass is 276 g/mol. The predicted octanol–water partition coefficient (Wildman–Crippen LogP) is 0.533. The Morgan fingerprint density at radius 1 is 1.55 bits per heavy atom. The highest BCUT2D eigenvalue weighted by atomic mass is 16.5. The van der Waals surface area contributed by atoms with Gasteiger partial charge in [-0.1, -0.05) is 5.16 Å². The minimum atomic E-state index is -0.286. The quantitative estimate of drug-likeness (QED) is 0.732. The van der Waals surface area contributed by atoms with E-state index in [4.69, 9.17) is 10.3 Å². The van der Waals surface area contributed by atoms with E-state index < -0.39 is 0 Å². The van der Waals surface area contributed by atoms with Crippen molar-refractivity contribution >= 4 is 11.6 Å². The van der Waals surface area contributed by atoms with Crippen molar-refractivity contribution < 1.29 is 9.32 Å². The number of H-pyrrole nitrogens is 1. The van der Waals surface area contributed by atoms with Crippen molar-refractivity contribution in [1.29, 1.82) is 0 Å². The molecule has 0 atom stereocenters. The third-order valence-electron chi connectivity index (χ3n) is 3.24. The topological polar surface area (TPSA) is 123 Å². The first-order valence-electron chi connectivity index (χ1n) is 6.56. The average Bonchev–Trinajstić information content (AvgIpc) is 3.07. The Kier molecular flexibility index (Phi) is 3.13. The number of nitrogens with two attached hydrogens (primary N) is 1. The molecule has 8 nitrogen and oxygen atoms in total. The lowest BCUT2D eigenvalue weighted by molar-refractivity contribution is 0.0950. The van der Waals surface area contributed by atoms with Crippen molar-refractivity contribution in [3.05, 3.63) is 23.1 Å². The number of amides is 1. The fourth-order valence-electron chi connectivity index (χ4n) is 2.03. The molecule has 1 aliphatic rings. The minimum Gasteiger partial charge on any atom is -0.395 e. The zero-order valence-corrected chi connectivity index (χ0v) is 11.1. The van der Waals surface area contributed by atoms with Gasteiger partial charge in [0.2, 0.25) is 5.89 Å². The first-order chi connectivity index (χ1) is 9.65. The maximum absolute atomic E-state index is 12.0. The number of aromatic nitrogens is 4. The number of anilines is 1. The lowest BCUT2D eigenvalue weighted by Gasteiger charge is -2.01. The second-order valence-corrected chi connectivity index (χ2v) is 4.91. The van der Waals surface area contributed by atoms with Gasteiger partial charge >= 0.3 is 0 Å². The van der Waals surface area contributed by atoms with Gasteiger partial charge in [-0.3, -0.25) is 9.89 Å². The highest BCUT2D eigenvalue weighted by Crippen LogP contribution is 2.42. The normalized spacial score (nSPS) is 14.4. The van der Waals surface area contributed by atoms with Crippen LogP contribution in [0.2, 0.25) is 0 Å². The standard InChI is InChI=1S/C12H16N6O2/c1-6-15-8(18-20-6)4-5-14-12(19)11-9(13)10(16-17-11)7-2-3-7/h7H,2-5,13H2,1H3,(H,14,19)(H,16,17). The summed E-state index contributed by atoms with van der Waals surface area (Å²) >= 11 is 0. The van der Waals surface area contributed by atoms with Crippen LogP contribution in [0.4, 0.5) is 5.69 Å². The van der Waals surface area contributed by atoms with Gasteiger partial charge in [-0.15, -0.1) is 0 Å². The van der Waals surface area contributed by atoms with E-state index in [9.17, 15) is 4.79 Å². The SMILES string of the molecule is Cc1nc(CCNC(=O)c2n[nH]c(C3CC3)c2N)no1. The number of hydrogen-bond donors (Lipinski definition) is 3. The number of rotatable bonds is 5. The van der Waals surface area contributed by atoms with Gasteiger partial charge in [0.1, 0.15) is 0 Å². The van der Waals surface area contributed by atoms with Gasteiger partial charge in [0.05, 0.1) is 11.4 Å². The predicted molar refractivity (Wildman–Crippen MR) is 70.0 cm³/mol. The molecule has 0 saturated heterocycles. The summed E-state index contributed by atoms with van der Waals surface area (Å²) in [5, 5.41) is 13.3. The van der Waals surface area contributed by atoms with Gasteiger partial charge in [-0.25, -0.2) is 0 Å². The van der Waals surface area contributed by atoms with Gasteiger partial charge in [-0.2, -0.15) is 10.1 Å². The molecule has 1 amide bonds. The molecule has 0 radical (unpaired) electrons. The highest BCUT2D eigenvalue weighted by molar-refractivity contribution is 5.97. The summed E-state index contributed by atoms with van der Waals surface area (Å²) in [7, 11) is 0. The van der Waals surface area contributed by atoms with Crippen LogP contribution in [0, 0.1) is 6.92 Å².